The summed E-state index contributed by atoms with van der Waals surface area (Å²) < 4.78 is 10.1. The number of rotatable bonds is 6. The van der Waals surface area contributed by atoms with Crippen LogP contribution in [0, 0.1) is 0 Å². The summed E-state index contributed by atoms with van der Waals surface area (Å²) in [6, 6.07) is 13.5. The molecule has 1 amide bonds. The zero-order valence-electron chi connectivity index (χ0n) is 13.2. The average molecular weight is 313 g/mol. The molecule has 23 heavy (non-hydrogen) atoms. The summed E-state index contributed by atoms with van der Waals surface area (Å²) in [4.78, 5) is 23.5. The number of hydrogen-bond acceptors (Lipinski definition) is 4. The monoisotopic (exact) mass is 313 g/mol. The van der Waals surface area contributed by atoms with Crippen LogP contribution in [0.5, 0.6) is 5.75 Å². The van der Waals surface area contributed by atoms with Gasteiger partial charge in [-0.25, -0.2) is 4.79 Å². The Bertz CT molecular complexity index is 662. The molecule has 0 saturated heterocycles. The van der Waals surface area contributed by atoms with Gasteiger partial charge in [-0.3, -0.25) is 4.79 Å². The lowest BCUT2D eigenvalue weighted by Gasteiger charge is -2.08. The van der Waals surface area contributed by atoms with E-state index < -0.39 is 5.97 Å². The number of ether oxygens (including phenoxy) is 2. The van der Waals surface area contributed by atoms with Gasteiger partial charge >= 0.3 is 5.97 Å². The van der Waals surface area contributed by atoms with E-state index >= 15 is 0 Å². The number of methoxy groups -OCH3 is 1. The van der Waals surface area contributed by atoms with Gasteiger partial charge in [-0.15, -0.1) is 0 Å². The summed E-state index contributed by atoms with van der Waals surface area (Å²) in [6.07, 6.45) is 0.934. The Morgan fingerprint density at radius 1 is 0.957 bits per heavy atom. The molecule has 5 heteroatoms. The van der Waals surface area contributed by atoms with Crippen molar-refractivity contribution in [2.45, 2.75) is 13.3 Å². The minimum absolute atomic E-state index is 0.224. The van der Waals surface area contributed by atoms with Gasteiger partial charge in [-0.2, -0.15) is 0 Å². The van der Waals surface area contributed by atoms with Crippen LogP contribution in [0.15, 0.2) is 48.5 Å². The molecule has 0 aliphatic carbocycles. The van der Waals surface area contributed by atoms with E-state index in [1.54, 1.807) is 48.5 Å². The molecule has 0 aliphatic heterocycles. The van der Waals surface area contributed by atoms with Gasteiger partial charge in [-0.1, -0.05) is 6.92 Å². The summed E-state index contributed by atoms with van der Waals surface area (Å²) in [6.45, 7) is 2.69. The fourth-order valence-electron chi connectivity index (χ4n) is 1.93. The van der Waals surface area contributed by atoms with Gasteiger partial charge < -0.3 is 14.8 Å². The first-order valence-corrected chi connectivity index (χ1v) is 7.36. The van der Waals surface area contributed by atoms with Gasteiger partial charge in [0.15, 0.2) is 0 Å². The van der Waals surface area contributed by atoms with Crippen molar-refractivity contribution in [1.29, 1.82) is 0 Å². The van der Waals surface area contributed by atoms with Crippen LogP contribution >= 0.6 is 0 Å². The molecule has 2 rings (SSSR count). The molecule has 0 aliphatic rings. The van der Waals surface area contributed by atoms with E-state index in [2.05, 4.69) is 10.1 Å². The Balaban J connectivity index is 1.99. The zero-order valence-corrected chi connectivity index (χ0v) is 13.2. The van der Waals surface area contributed by atoms with E-state index in [-0.39, 0.29) is 5.91 Å². The Morgan fingerprint density at radius 2 is 1.57 bits per heavy atom. The number of anilines is 1. The molecule has 0 fully saturated rings. The summed E-state index contributed by atoms with van der Waals surface area (Å²) in [5.41, 5.74) is 1.57. The van der Waals surface area contributed by atoms with Gasteiger partial charge in [-0.05, 0) is 55.0 Å². The highest BCUT2D eigenvalue weighted by Gasteiger charge is 2.08. The Labute approximate surface area is 135 Å². The Hall–Kier alpha value is -2.82. The van der Waals surface area contributed by atoms with Gasteiger partial charge in [0, 0.05) is 11.3 Å². The van der Waals surface area contributed by atoms with E-state index in [4.69, 9.17) is 4.74 Å². The summed E-state index contributed by atoms with van der Waals surface area (Å²) >= 11 is 0. The van der Waals surface area contributed by atoms with Gasteiger partial charge in [0.2, 0.25) is 0 Å². The summed E-state index contributed by atoms with van der Waals surface area (Å²) in [7, 11) is 1.33. The van der Waals surface area contributed by atoms with Crippen LogP contribution in [0.25, 0.3) is 0 Å². The van der Waals surface area contributed by atoms with E-state index in [9.17, 15) is 9.59 Å². The molecule has 1 N–H and O–H groups in total. The zero-order chi connectivity index (χ0) is 16.7. The Kier molecular flexibility index (Phi) is 5.74. The molecule has 5 nitrogen and oxygen atoms in total. The molecule has 0 heterocycles. The summed E-state index contributed by atoms with van der Waals surface area (Å²) in [5.74, 6) is 0.106. The van der Waals surface area contributed by atoms with Crippen LogP contribution in [0.3, 0.4) is 0 Å². The van der Waals surface area contributed by atoms with Crippen molar-refractivity contribution in [3.63, 3.8) is 0 Å². The lowest BCUT2D eigenvalue weighted by molar-refractivity contribution is 0.0600. The molecule has 0 unspecified atom stereocenters. The minimum Gasteiger partial charge on any atom is -0.494 e. The maximum Gasteiger partial charge on any atom is 0.337 e. The molecule has 0 atom stereocenters. The van der Waals surface area contributed by atoms with Crippen LogP contribution in [-0.2, 0) is 4.74 Å². The van der Waals surface area contributed by atoms with E-state index in [1.807, 2.05) is 6.92 Å². The first kappa shape index (κ1) is 16.5. The van der Waals surface area contributed by atoms with E-state index in [0.29, 0.717) is 23.4 Å². The van der Waals surface area contributed by atoms with Gasteiger partial charge in [0.25, 0.3) is 5.91 Å². The molecule has 2 aromatic rings. The molecular weight excluding hydrogens is 294 g/mol. The fourth-order valence-corrected chi connectivity index (χ4v) is 1.93. The first-order valence-electron chi connectivity index (χ1n) is 7.36. The molecule has 0 aromatic heterocycles. The quantitative estimate of drug-likeness (QED) is 0.829. The molecule has 0 radical (unpaired) electrons. The molecule has 120 valence electrons. The largest absolute Gasteiger partial charge is 0.494 e. The lowest BCUT2D eigenvalue weighted by Crippen LogP contribution is -2.12. The highest BCUT2D eigenvalue weighted by atomic mass is 16.5. The number of carbonyl (C=O) groups excluding carboxylic acids is 2. The second-order valence-electron chi connectivity index (χ2n) is 4.90. The topological polar surface area (TPSA) is 64.6 Å². The van der Waals surface area contributed by atoms with Crippen LogP contribution < -0.4 is 10.1 Å². The van der Waals surface area contributed by atoms with E-state index in [0.717, 1.165) is 12.2 Å². The highest BCUT2D eigenvalue weighted by molar-refractivity contribution is 6.04. The highest BCUT2D eigenvalue weighted by Crippen LogP contribution is 2.15. The van der Waals surface area contributed by atoms with Crippen LogP contribution in [0.4, 0.5) is 5.69 Å². The van der Waals surface area contributed by atoms with Gasteiger partial charge in [0.05, 0.1) is 19.3 Å². The van der Waals surface area contributed by atoms with Crippen molar-refractivity contribution in [2.75, 3.05) is 19.0 Å². The smallest absolute Gasteiger partial charge is 0.337 e. The van der Waals surface area contributed by atoms with Crippen molar-refractivity contribution < 1.29 is 19.1 Å². The van der Waals surface area contributed by atoms with Crippen LogP contribution in [0.2, 0.25) is 0 Å². The normalized spacial score (nSPS) is 10.0. The number of esters is 1. The molecule has 0 saturated carbocycles. The van der Waals surface area contributed by atoms with Crippen LogP contribution in [0.1, 0.15) is 34.1 Å². The fraction of sp³-hybridized carbons (Fsp3) is 0.222. The van der Waals surface area contributed by atoms with Crippen molar-refractivity contribution >= 4 is 17.6 Å². The molecule has 0 spiro atoms. The van der Waals surface area contributed by atoms with Gasteiger partial charge in [0.1, 0.15) is 5.75 Å². The number of hydrogen-bond donors (Lipinski definition) is 1. The molecular formula is C18H19NO4. The average Bonchev–Trinajstić information content (AvgIpc) is 2.60. The summed E-state index contributed by atoms with van der Waals surface area (Å²) in [5, 5.41) is 2.77. The SMILES string of the molecule is CCCOc1ccc(C(=O)Nc2ccc(C(=O)OC)cc2)cc1. The molecule has 2 aromatic carbocycles. The lowest BCUT2D eigenvalue weighted by atomic mass is 10.1. The third-order valence-electron chi connectivity index (χ3n) is 3.15. The number of amides is 1. The maximum absolute atomic E-state index is 12.2. The van der Waals surface area contributed by atoms with Crippen molar-refractivity contribution in [2.24, 2.45) is 0 Å². The number of benzene rings is 2. The predicted octanol–water partition coefficient (Wildman–Crippen LogP) is 3.51. The first-order chi connectivity index (χ1) is 11.1. The maximum atomic E-state index is 12.2. The van der Waals surface area contributed by atoms with E-state index in [1.165, 1.54) is 7.11 Å². The molecule has 0 bridgehead atoms. The van der Waals surface area contributed by atoms with Crippen molar-refractivity contribution in [3.05, 3.63) is 59.7 Å². The van der Waals surface area contributed by atoms with Crippen molar-refractivity contribution in [3.8, 4) is 5.75 Å². The van der Waals surface area contributed by atoms with Crippen molar-refractivity contribution in [1.82, 2.24) is 0 Å². The minimum atomic E-state index is -0.412. The Morgan fingerprint density at radius 3 is 2.13 bits per heavy atom. The predicted molar refractivity (Wildman–Crippen MR) is 88.0 cm³/mol. The second kappa shape index (κ2) is 7.98. The van der Waals surface area contributed by atoms with Crippen LogP contribution in [-0.4, -0.2) is 25.6 Å². The second-order valence-corrected chi connectivity index (χ2v) is 4.90. The number of carbonyl (C=O) groups is 2. The standard InChI is InChI=1S/C18H19NO4/c1-3-12-23-16-10-6-13(7-11-16)17(20)19-15-8-4-14(5-9-15)18(21)22-2/h4-11H,3,12H2,1-2H3,(H,19,20). The third kappa shape index (κ3) is 4.57. The third-order valence-corrected chi connectivity index (χ3v) is 3.15. The number of nitrogens with one attached hydrogen (secondary N) is 1.